The fraction of sp³-hybridized carbons (Fsp3) is 0.143. The predicted octanol–water partition coefficient (Wildman–Crippen LogP) is 3.79. The van der Waals surface area contributed by atoms with Crippen molar-refractivity contribution < 1.29 is 13.7 Å². The summed E-state index contributed by atoms with van der Waals surface area (Å²) in [6, 6.07) is 8.10. The monoisotopic (exact) mass is 278 g/mol. The molecule has 2 rings (SSSR count). The largest absolute Gasteiger partial charge is 0.373 e. The summed E-state index contributed by atoms with van der Waals surface area (Å²) in [5.74, 6) is -1.02. The zero-order valence-electron chi connectivity index (χ0n) is 10.7. The van der Waals surface area contributed by atoms with E-state index in [1.807, 2.05) is 0 Å². The molecule has 0 atom stereocenters. The molecule has 0 radical (unpaired) electrons. The fourth-order valence-corrected chi connectivity index (χ4v) is 1.85. The van der Waals surface area contributed by atoms with Crippen LogP contribution in [0.25, 0.3) is 0 Å². The first-order chi connectivity index (χ1) is 9.49. The smallest absolute Gasteiger partial charge is 0.295 e. The minimum atomic E-state index is -0.696. The summed E-state index contributed by atoms with van der Waals surface area (Å²) in [6.45, 7) is 1.78. The molecule has 0 saturated carbocycles. The predicted molar refractivity (Wildman–Crippen MR) is 71.5 cm³/mol. The highest BCUT2D eigenvalue weighted by atomic mass is 19.1. The first-order valence-corrected chi connectivity index (χ1v) is 5.91. The van der Waals surface area contributed by atoms with Gasteiger partial charge in [0.1, 0.15) is 11.5 Å². The van der Waals surface area contributed by atoms with E-state index in [0.29, 0.717) is 11.1 Å². The zero-order chi connectivity index (χ0) is 14.7. The van der Waals surface area contributed by atoms with Crippen LogP contribution in [-0.4, -0.2) is 4.92 Å². The molecule has 0 aliphatic rings. The summed E-state index contributed by atoms with van der Waals surface area (Å²) in [4.78, 5) is 10.2. The van der Waals surface area contributed by atoms with Gasteiger partial charge in [-0.2, -0.15) is 0 Å². The van der Waals surface area contributed by atoms with Crippen LogP contribution in [0.2, 0.25) is 0 Å². The molecular weight excluding hydrogens is 266 g/mol. The highest BCUT2D eigenvalue weighted by molar-refractivity contribution is 5.62. The molecule has 0 aliphatic carbocycles. The Morgan fingerprint density at radius 1 is 1.20 bits per heavy atom. The van der Waals surface area contributed by atoms with E-state index in [-0.39, 0.29) is 23.7 Å². The second-order valence-electron chi connectivity index (χ2n) is 4.33. The molecule has 4 nitrogen and oxygen atoms in total. The number of aryl methyl sites for hydroxylation is 1. The van der Waals surface area contributed by atoms with Crippen LogP contribution < -0.4 is 5.32 Å². The van der Waals surface area contributed by atoms with Gasteiger partial charge in [-0.05, 0) is 30.2 Å². The van der Waals surface area contributed by atoms with E-state index < -0.39 is 10.7 Å². The molecule has 104 valence electrons. The van der Waals surface area contributed by atoms with E-state index in [4.69, 9.17) is 0 Å². The van der Waals surface area contributed by atoms with Gasteiger partial charge in [0.25, 0.3) is 5.69 Å². The Kier molecular flexibility index (Phi) is 3.93. The van der Waals surface area contributed by atoms with Crippen LogP contribution in [0.5, 0.6) is 0 Å². The third-order valence-electron chi connectivity index (χ3n) is 2.88. The van der Waals surface area contributed by atoms with E-state index in [0.717, 1.165) is 6.07 Å². The fourth-order valence-electron chi connectivity index (χ4n) is 1.85. The molecule has 1 N–H and O–H groups in total. The van der Waals surface area contributed by atoms with Crippen LogP contribution in [0.1, 0.15) is 11.1 Å². The lowest BCUT2D eigenvalue weighted by Gasteiger charge is -2.09. The van der Waals surface area contributed by atoms with Gasteiger partial charge >= 0.3 is 0 Å². The van der Waals surface area contributed by atoms with Gasteiger partial charge in [0, 0.05) is 12.6 Å². The van der Waals surface area contributed by atoms with Gasteiger partial charge in [0.05, 0.1) is 4.92 Å². The lowest BCUT2D eigenvalue weighted by Crippen LogP contribution is -2.05. The average molecular weight is 278 g/mol. The van der Waals surface area contributed by atoms with Crippen LogP contribution in [0, 0.1) is 28.7 Å². The molecule has 20 heavy (non-hydrogen) atoms. The molecule has 6 heteroatoms. The standard InChI is InChI=1S/C14H12F2N2O2/c1-9-7-10(5-6-11(9)15)8-17-14-12(16)3-2-4-13(14)18(19)20/h2-7,17H,8H2,1H3. The highest BCUT2D eigenvalue weighted by Crippen LogP contribution is 2.27. The molecule has 0 aromatic heterocycles. The Bertz CT molecular complexity index is 660. The van der Waals surface area contributed by atoms with Crippen LogP contribution >= 0.6 is 0 Å². The van der Waals surface area contributed by atoms with Crippen molar-refractivity contribution in [3.8, 4) is 0 Å². The molecule has 0 saturated heterocycles. The molecule has 0 bridgehead atoms. The van der Waals surface area contributed by atoms with Gasteiger partial charge < -0.3 is 5.32 Å². The maximum Gasteiger partial charge on any atom is 0.295 e. The second kappa shape index (κ2) is 5.64. The van der Waals surface area contributed by atoms with Gasteiger partial charge in [-0.3, -0.25) is 10.1 Å². The van der Waals surface area contributed by atoms with Crippen molar-refractivity contribution in [3.63, 3.8) is 0 Å². The minimum Gasteiger partial charge on any atom is -0.373 e. The van der Waals surface area contributed by atoms with E-state index in [1.54, 1.807) is 19.1 Å². The average Bonchev–Trinajstić information content (AvgIpc) is 2.40. The number of anilines is 1. The van der Waals surface area contributed by atoms with Crippen LogP contribution in [0.4, 0.5) is 20.2 Å². The van der Waals surface area contributed by atoms with E-state index in [9.17, 15) is 18.9 Å². The summed E-state index contributed by atoms with van der Waals surface area (Å²) in [7, 11) is 0. The molecule has 0 unspecified atom stereocenters. The van der Waals surface area contributed by atoms with Gasteiger partial charge in [-0.1, -0.05) is 18.2 Å². The Labute approximate surface area is 114 Å². The summed E-state index contributed by atoms with van der Waals surface area (Å²) < 4.78 is 26.8. The Balaban J connectivity index is 2.22. The SMILES string of the molecule is Cc1cc(CNc2c(F)cccc2[N+](=O)[O-])ccc1F. The van der Waals surface area contributed by atoms with Crippen LogP contribution in [0.15, 0.2) is 36.4 Å². The lowest BCUT2D eigenvalue weighted by molar-refractivity contribution is -0.384. The molecule has 0 amide bonds. The summed E-state index contributed by atoms with van der Waals surface area (Å²) >= 11 is 0. The number of rotatable bonds is 4. The summed E-state index contributed by atoms with van der Waals surface area (Å²) in [6.07, 6.45) is 0. The summed E-state index contributed by atoms with van der Waals surface area (Å²) in [5, 5.41) is 13.5. The van der Waals surface area contributed by atoms with Crippen molar-refractivity contribution in [2.24, 2.45) is 0 Å². The third-order valence-corrected chi connectivity index (χ3v) is 2.88. The maximum absolute atomic E-state index is 13.6. The molecule has 0 aliphatic heterocycles. The summed E-state index contributed by atoms with van der Waals surface area (Å²) in [5.41, 5.74) is 0.678. The van der Waals surface area contributed by atoms with Crippen molar-refractivity contribution >= 4 is 11.4 Å². The van der Waals surface area contributed by atoms with Crippen molar-refractivity contribution in [2.45, 2.75) is 13.5 Å². The number of nitro benzene ring substituents is 1. The number of hydrogen-bond acceptors (Lipinski definition) is 3. The Hall–Kier alpha value is -2.50. The number of hydrogen-bond donors (Lipinski definition) is 1. The quantitative estimate of drug-likeness (QED) is 0.683. The lowest BCUT2D eigenvalue weighted by atomic mass is 10.1. The number of halogens is 2. The molecule has 0 fully saturated rings. The number of para-hydroxylation sites is 1. The van der Waals surface area contributed by atoms with Crippen molar-refractivity contribution in [1.29, 1.82) is 0 Å². The molecular formula is C14H12F2N2O2. The van der Waals surface area contributed by atoms with Gasteiger partial charge in [0.15, 0.2) is 5.82 Å². The molecule has 2 aromatic carbocycles. The van der Waals surface area contributed by atoms with E-state index in [1.165, 1.54) is 18.2 Å². The normalized spacial score (nSPS) is 10.3. The highest BCUT2D eigenvalue weighted by Gasteiger charge is 2.17. The number of nitrogens with zero attached hydrogens (tertiary/aromatic N) is 1. The second-order valence-corrected chi connectivity index (χ2v) is 4.33. The van der Waals surface area contributed by atoms with Gasteiger partial charge in [-0.25, -0.2) is 8.78 Å². The van der Waals surface area contributed by atoms with Crippen molar-refractivity contribution in [1.82, 2.24) is 0 Å². The van der Waals surface area contributed by atoms with Gasteiger partial charge in [0.2, 0.25) is 0 Å². The topological polar surface area (TPSA) is 55.2 Å². The maximum atomic E-state index is 13.6. The van der Waals surface area contributed by atoms with E-state index >= 15 is 0 Å². The number of benzene rings is 2. The molecule has 0 spiro atoms. The first kappa shape index (κ1) is 13.9. The Morgan fingerprint density at radius 3 is 2.60 bits per heavy atom. The van der Waals surface area contributed by atoms with Crippen LogP contribution in [0.3, 0.4) is 0 Å². The van der Waals surface area contributed by atoms with Gasteiger partial charge in [-0.15, -0.1) is 0 Å². The minimum absolute atomic E-state index is 0.167. The first-order valence-electron chi connectivity index (χ1n) is 5.91. The molecule has 2 aromatic rings. The van der Waals surface area contributed by atoms with Crippen LogP contribution in [-0.2, 0) is 6.54 Å². The number of nitro groups is 1. The third kappa shape index (κ3) is 2.90. The van der Waals surface area contributed by atoms with Crippen molar-refractivity contribution in [3.05, 3.63) is 69.3 Å². The zero-order valence-corrected chi connectivity index (χ0v) is 10.7. The molecule has 0 heterocycles. The Morgan fingerprint density at radius 2 is 1.95 bits per heavy atom. The number of nitrogens with one attached hydrogen (secondary N) is 1. The van der Waals surface area contributed by atoms with Crippen molar-refractivity contribution in [2.75, 3.05) is 5.32 Å². The van der Waals surface area contributed by atoms with E-state index in [2.05, 4.69) is 5.32 Å².